The monoisotopic (exact) mass is 353 g/mol. The lowest BCUT2D eigenvalue weighted by Crippen LogP contribution is -2.31. The van der Waals surface area contributed by atoms with Gasteiger partial charge in [0.25, 0.3) is 0 Å². The van der Waals surface area contributed by atoms with Crippen LogP contribution < -0.4 is 10.7 Å². The Morgan fingerprint density at radius 3 is 2.86 bits per heavy atom. The number of thiocarbonyl (C=S) groups is 1. The van der Waals surface area contributed by atoms with Crippen LogP contribution in [0.25, 0.3) is 11.3 Å². The maximum Gasteiger partial charge on any atom is 0.187 e. The van der Waals surface area contributed by atoms with Gasteiger partial charge in [0, 0.05) is 17.1 Å². The highest BCUT2D eigenvalue weighted by Crippen LogP contribution is 2.31. The van der Waals surface area contributed by atoms with Crippen molar-refractivity contribution in [3.05, 3.63) is 58.8 Å². The number of rotatable bonds is 5. The molecule has 0 saturated carbocycles. The second kappa shape index (κ2) is 7.98. The molecule has 0 spiro atoms. The summed E-state index contributed by atoms with van der Waals surface area (Å²) >= 11 is 17.0. The van der Waals surface area contributed by atoms with Gasteiger partial charge in [-0.1, -0.05) is 29.3 Å². The van der Waals surface area contributed by atoms with Crippen molar-refractivity contribution >= 4 is 46.7 Å². The van der Waals surface area contributed by atoms with E-state index in [1.807, 2.05) is 6.07 Å². The molecule has 0 aliphatic heterocycles. The maximum absolute atomic E-state index is 6.14. The van der Waals surface area contributed by atoms with Crippen LogP contribution in [0, 0.1) is 0 Å². The fourth-order valence-corrected chi connectivity index (χ4v) is 2.25. The van der Waals surface area contributed by atoms with Gasteiger partial charge in [-0.25, -0.2) is 0 Å². The quantitative estimate of drug-likeness (QED) is 0.365. The standard InChI is InChI=1S/C15H13Cl2N3OS/c1-2-7-18-15(22)20-19-9-11-4-6-14(21-11)12-5-3-10(16)8-13(12)17/h2-6,8-9H,1,7H2,(H2,18,20,22)/b19-9-. The summed E-state index contributed by atoms with van der Waals surface area (Å²) in [7, 11) is 0. The van der Waals surface area contributed by atoms with Gasteiger partial charge in [-0.3, -0.25) is 5.43 Å². The average molecular weight is 354 g/mol. The van der Waals surface area contributed by atoms with E-state index >= 15 is 0 Å². The van der Waals surface area contributed by atoms with E-state index in [-0.39, 0.29) is 0 Å². The molecule has 0 saturated heterocycles. The topological polar surface area (TPSA) is 49.6 Å². The van der Waals surface area contributed by atoms with Crippen LogP contribution in [0.15, 0.2) is 52.5 Å². The molecule has 2 rings (SSSR count). The lowest BCUT2D eigenvalue weighted by molar-refractivity contribution is 0.574. The Hall–Kier alpha value is -1.82. The molecule has 4 nitrogen and oxygen atoms in total. The van der Waals surface area contributed by atoms with E-state index in [0.717, 1.165) is 5.56 Å². The lowest BCUT2D eigenvalue weighted by atomic mass is 10.2. The molecule has 0 amide bonds. The summed E-state index contributed by atoms with van der Waals surface area (Å²) in [6.07, 6.45) is 3.22. The van der Waals surface area contributed by atoms with Crippen LogP contribution in [0.3, 0.4) is 0 Å². The second-order valence-electron chi connectivity index (χ2n) is 4.19. The summed E-state index contributed by atoms with van der Waals surface area (Å²) in [5, 5.41) is 8.38. The minimum atomic E-state index is 0.406. The van der Waals surface area contributed by atoms with Crippen LogP contribution in [-0.4, -0.2) is 17.9 Å². The van der Waals surface area contributed by atoms with Crippen LogP contribution in [0.1, 0.15) is 5.76 Å². The molecule has 0 unspecified atom stereocenters. The zero-order valence-electron chi connectivity index (χ0n) is 11.5. The molecule has 1 aromatic carbocycles. The third kappa shape index (κ3) is 4.59. The molecular weight excluding hydrogens is 341 g/mol. The van der Waals surface area contributed by atoms with Crippen molar-refractivity contribution in [3.63, 3.8) is 0 Å². The minimum absolute atomic E-state index is 0.406. The zero-order chi connectivity index (χ0) is 15.9. The lowest BCUT2D eigenvalue weighted by Gasteiger charge is -2.02. The predicted octanol–water partition coefficient (Wildman–Crippen LogP) is 4.24. The number of nitrogens with one attached hydrogen (secondary N) is 2. The van der Waals surface area contributed by atoms with Gasteiger partial charge in [-0.05, 0) is 42.5 Å². The number of hydrazone groups is 1. The van der Waals surface area contributed by atoms with Crippen molar-refractivity contribution in [1.82, 2.24) is 10.7 Å². The summed E-state index contributed by atoms with van der Waals surface area (Å²) in [4.78, 5) is 0. The van der Waals surface area contributed by atoms with Crippen LogP contribution in [0.5, 0.6) is 0 Å². The highest BCUT2D eigenvalue weighted by atomic mass is 35.5. The molecule has 1 aromatic heterocycles. The molecule has 0 fully saturated rings. The SMILES string of the molecule is C=CCNC(=S)N/N=C\c1ccc(-c2ccc(Cl)cc2Cl)o1. The first kappa shape index (κ1) is 16.5. The molecule has 2 N–H and O–H groups in total. The Balaban J connectivity index is 2.02. The van der Waals surface area contributed by atoms with Gasteiger partial charge in [-0.2, -0.15) is 5.10 Å². The van der Waals surface area contributed by atoms with Gasteiger partial charge >= 0.3 is 0 Å². The van der Waals surface area contributed by atoms with Crippen molar-refractivity contribution in [3.8, 4) is 11.3 Å². The molecule has 1 heterocycles. The molecule has 0 aliphatic rings. The number of hydrogen-bond acceptors (Lipinski definition) is 3. The van der Waals surface area contributed by atoms with Crippen molar-refractivity contribution < 1.29 is 4.42 Å². The summed E-state index contributed by atoms with van der Waals surface area (Å²) in [6.45, 7) is 4.15. The van der Waals surface area contributed by atoms with E-state index < -0.39 is 0 Å². The Bertz CT molecular complexity index is 713. The molecule has 0 atom stereocenters. The van der Waals surface area contributed by atoms with Crippen molar-refractivity contribution in [2.24, 2.45) is 5.10 Å². The highest BCUT2D eigenvalue weighted by molar-refractivity contribution is 7.80. The number of hydrogen-bond donors (Lipinski definition) is 2. The largest absolute Gasteiger partial charge is 0.455 e. The van der Waals surface area contributed by atoms with E-state index in [9.17, 15) is 0 Å². The smallest absolute Gasteiger partial charge is 0.187 e. The summed E-state index contributed by atoms with van der Waals surface area (Å²) in [5.74, 6) is 1.20. The third-order valence-electron chi connectivity index (χ3n) is 2.59. The molecule has 22 heavy (non-hydrogen) atoms. The Morgan fingerprint density at radius 1 is 1.32 bits per heavy atom. The number of nitrogens with zero attached hydrogens (tertiary/aromatic N) is 1. The maximum atomic E-state index is 6.14. The van der Waals surface area contributed by atoms with Crippen LogP contribution in [-0.2, 0) is 0 Å². The van der Waals surface area contributed by atoms with Crippen molar-refractivity contribution in [2.75, 3.05) is 6.54 Å². The number of furan rings is 1. The molecule has 0 radical (unpaired) electrons. The predicted molar refractivity (Wildman–Crippen MR) is 95.7 cm³/mol. The van der Waals surface area contributed by atoms with E-state index in [2.05, 4.69) is 22.4 Å². The van der Waals surface area contributed by atoms with Crippen LogP contribution in [0.2, 0.25) is 10.0 Å². The molecule has 0 bridgehead atoms. The molecule has 2 aromatic rings. The van der Waals surface area contributed by atoms with Crippen LogP contribution >= 0.6 is 35.4 Å². The molecular formula is C15H13Cl2N3OS. The van der Waals surface area contributed by atoms with Gasteiger partial charge in [0.1, 0.15) is 11.5 Å². The fraction of sp³-hybridized carbons (Fsp3) is 0.0667. The van der Waals surface area contributed by atoms with Gasteiger partial charge in [0.15, 0.2) is 5.11 Å². The minimum Gasteiger partial charge on any atom is -0.455 e. The first-order valence-corrected chi connectivity index (χ1v) is 7.49. The zero-order valence-corrected chi connectivity index (χ0v) is 13.8. The van der Waals surface area contributed by atoms with Gasteiger partial charge in [0.05, 0.1) is 11.2 Å². The first-order valence-electron chi connectivity index (χ1n) is 6.33. The summed E-state index contributed by atoms with van der Waals surface area (Å²) in [6, 6.07) is 8.82. The Kier molecular flexibility index (Phi) is 6.00. The van der Waals surface area contributed by atoms with E-state index in [1.54, 1.807) is 30.3 Å². The average Bonchev–Trinajstić information content (AvgIpc) is 2.93. The van der Waals surface area contributed by atoms with Crippen LogP contribution in [0.4, 0.5) is 0 Å². The Labute approximate surface area is 143 Å². The number of halogens is 2. The second-order valence-corrected chi connectivity index (χ2v) is 5.45. The molecule has 114 valence electrons. The first-order chi connectivity index (χ1) is 10.6. The Morgan fingerprint density at radius 2 is 2.14 bits per heavy atom. The van der Waals surface area contributed by atoms with Gasteiger partial charge in [0.2, 0.25) is 0 Å². The van der Waals surface area contributed by atoms with Gasteiger partial charge < -0.3 is 9.73 Å². The van der Waals surface area contributed by atoms with Crippen molar-refractivity contribution in [2.45, 2.75) is 0 Å². The van der Waals surface area contributed by atoms with E-state index in [4.69, 9.17) is 39.8 Å². The van der Waals surface area contributed by atoms with E-state index in [1.165, 1.54) is 6.21 Å². The normalized spacial score (nSPS) is 10.6. The van der Waals surface area contributed by atoms with E-state index in [0.29, 0.717) is 33.2 Å². The molecule has 7 heteroatoms. The van der Waals surface area contributed by atoms with Crippen molar-refractivity contribution in [1.29, 1.82) is 0 Å². The number of benzene rings is 1. The summed E-state index contributed by atoms with van der Waals surface area (Å²) < 4.78 is 5.66. The third-order valence-corrected chi connectivity index (χ3v) is 3.37. The highest BCUT2D eigenvalue weighted by Gasteiger charge is 2.08. The van der Waals surface area contributed by atoms with Gasteiger partial charge in [-0.15, -0.1) is 6.58 Å². The summed E-state index contributed by atoms with van der Waals surface area (Å²) in [5.41, 5.74) is 3.44. The molecule has 0 aliphatic carbocycles. The fourth-order valence-electron chi connectivity index (χ4n) is 1.62.